The molecule has 0 unspecified atom stereocenters. The van der Waals surface area contributed by atoms with Gasteiger partial charge in [-0.2, -0.15) is 0 Å². The fourth-order valence-corrected chi connectivity index (χ4v) is 1.93. The molecular formula is C11H16O2S. The van der Waals surface area contributed by atoms with Crippen molar-refractivity contribution in [2.45, 2.75) is 33.6 Å². The molecular weight excluding hydrogens is 196 g/mol. The molecule has 14 heavy (non-hydrogen) atoms. The Morgan fingerprint density at radius 1 is 1.57 bits per heavy atom. The molecule has 0 spiro atoms. The fraction of sp³-hybridized carbons (Fsp3) is 0.545. The summed E-state index contributed by atoms with van der Waals surface area (Å²) in [7, 11) is 0. The van der Waals surface area contributed by atoms with Gasteiger partial charge in [0.05, 0.1) is 6.26 Å². The Bertz CT molecular complexity index is 290. The maximum atomic E-state index is 11.7. The summed E-state index contributed by atoms with van der Waals surface area (Å²) in [6.45, 7) is 5.91. The standard InChI is InChI=1S/C11H16O2S/c1-4-9-6-10(8(3)13-7-9)11(12)14-5-2/h7H,4-6H2,1-3H3. The van der Waals surface area contributed by atoms with Crippen LogP contribution in [0, 0.1) is 0 Å². The van der Waals surface area contributed by atoms with Crippen molar-refractivity contribution in [3.8, 4) is 0 Å². The van der Waals surface area contributed by atoms with Crippen LogP contribution < -0.4 is 0 Å². The maximum absolute atomic E-state index is 11.7. The third kappa shape index (κ3) is 2.64. The minimum absolute atomic E-state index is 0.157. The summed E-state index contributed by atoms with van der Waals surface area (Å²) in [6, 6.07) is 0. The molecule has 1 heterocycles. The second-order valence-electron chi connectivity index (χ2n) is 3.18. The number of allylic oxidation sites excluding steroid dienone is 2. The van der Waals surface area contributed by atoms with Crippen LogP contribution in [0.15, 0.2) is 23.2 Å². The van der Waals surface area contributed by atoms with Gasteiger partial charge in [-0.1, -0.05) is 25.6 Å². The maximum Gasteiger partial charge on any atom is 0.219 e. The number of hydrogen-bond donors (Lipinski definition) is 0. The first kappa shape index (κ1) is 11.4. The number of hydrogen-bond acceptors (Lipinski definition) is 3. The number of rotatable bonds is 3. The summed E-state index contributed by atoms with van der Waals surface area (Å²) in [5.74, 6) is 1.58. The largest absolute Gasteiger partial charge is 0.469 e. The monoisotopic (exact) mass is 212 g/mol. The van der Waals surface area contributed by atoms with Crippen molar-refractivity contribution >= 4 is 16.9 Å². The van der Waals surface area contributed by atoms with E-state index in [9.17, 15) is 4.79 Å². The van der Waals surface area contributed by atoms with Crippen molar-refractivity contribution in [1.82, 2.24) is 0 Å². The second-order valence-corrected chi connectivity index (χ2v) is 4.42. The van der Waals surface area contributed by atoms with E-state index in [1.54, 1.807) is 6.26 Å². The van der Waals surface area contributed by atoms with Gasteiger partial charge in [-0.15, -0.1) is 0 Å². The highest BCUT2D eigenvalue weighted by Crippen LogP contribution is 2.27. The Kier molecular flexibility index (Phi) is 4.26. The van der Waals surface area contributed by atoms with Gasteiger partial charge in [0.2, 0.25) is 5.12 Å². The molecule has 0 atom stereocenters. The Labute approximate surface area is 89.4 Å². The molecule has 1 aliphatic heterocycles. The molecule has 78 valence electrons. The van der Waals surface area contributed by atoms with Gasteiger partial charge in [0, 0.05) is 12.0 Å². The van der Waals surface area contributed by atoms with E-state index in [0.29, 0.717) is 0 Å². The first-order valence-corrected chi connectivity index (χ1v) is 5.89. The summed E-state index contributed by atoms with van der Waals surface area (Å²) in [6.07, 6.45) is 3.47. The molecule has 0 amide bonds. The molecule has 0 aliphatic carbocycles. The van der Waals surface area contributed by atoms with Gasteiger partial charge < -0.3 is 4.74 Å². The SMILES string of the molecule is CCSC(=O)C1=C(C)OC=C(CC)C1. The zero-order chi connectivity index (χ0) is 10.6. The van der Waals surface area contributed by atoms with E-state index in [0.717, 1.165) is 29.9 Å². The van der Waals surface area contributed by atoms with E-state index < -0.39 is 0 Å². The number of thioether (sulfide) groups is 1. The molecule has 0 radical (unpaired) electrons. The Hall–Kier alpha value is -0.700. The van der Waals surface area contributed by atoms with E-state index in [1.807, 2.05) is 13.8 Å². The van der Waals surface area contributed by atoms with Gasteiger partial charge in [0.25, 0.3) is 0 Å². The van der Waals surface area contributed by atoms with Crippen molar-refractivity contribution in [3.05, 3.63) is 23.2 Å². The van der Waals surface area contributed by atoms with E-state index in [4.69, 9.17) is 4.74 Å². The Morgan fingerprint density at radius 2 is 2.29 bits per heavy atom. The molecule has 0 aromatic rings. The second kappa shape index (κ2) is 5.25. The lowest BCUT2D eigenvalue weighted by Crippen LogP contribution is -2.07. The van der Waals surface area contributed by atoms with Crippen LogP contribution in [0.1, 0.15) is 33.6 Å². The predicted molar refractivity (Wildman–Crippen MR) is 59.9 cm³/mol. The Morgan fingerprint density at radius 3 is 2.86 bits per heavy atom. The van der Waals surface area contributed by atoms with Crippen LogP contribution in [-0.4, -0.2) is 10.9 Å². The molecule has 0 saturated carbocycles. The van der Waals surface area contributed by atoms with E-state index in [2.05, 4.69) is 6.92 Å². The minimum Gasteiger partial charge on any atom is -0.469 e. The zero-order valence-electron chi connectivity index (χ0n) is 8.92. The van der Waals surface area contributed by atoms with Crippen molar-refractivity contribution in [2.24, 2.45) is 0 Å². The summed E-state index contributed by atoms with van der Waals surface area (Å²) < 4.78 is 5.34. The summed E-state index contributed by atoms with van der Waals surface area (Å²) in [5, 5.41) is 0.157. The summed E-state index contributed by atoms with van der Waals surface area (Å²) in [5.41, 5.74) is 2.02. The van der Waals surface area contributed by atoms with Crippen LogP contribution in [0.5, 0.6) is 0 Å². The Balaban J connectivity index is 2.72. The molecule has 0 aromatic heterocycles. The van der Waals surface area contributed by atoms with E-state index >= 15 is 0 Å². The molecule has 0 N–H and O–H groups in total. The number of carbonyl (C=O) groups is 1. The lowest BCUT2D eigenvalue weighted by molar-refractivity contribution is -0.108. The first-order chi connectivity index (χ1) is 6.69. The first-order valence-electron chi connectivity index (χ1n) is 4.90. The molecule has 0 saturated heterocycles. The highest BCUT2D eigenvalue weighted by Gasteiger charge is 2.18. The molecule has 1 rings (SSSR count). The van der Waals surface area contributed by atoms with Gasteiger partial charge >= 0.3 is 0 Å². The molecule has 1 aliphatic rings. The van der Waals surface area contributed by atoms with E-state index in [-0.39, 0.29) is 5.12 Å². The van der Waals surface area contributed by atoms with Crippen LogP contribution in [-0.2, 0) is 9.53 Å². The fourth-order valence-electron chi connectivity index (χ4n) is 1.28. The van der Waals surface area contributed by atoms with Gasteiger partial charge in [0.1, 0.15) is 5.76 Å². The average Bonchev–Trinajstić information content (AvgIpc) is 2.19. The van der Waals surface area contributed by atoms with Gasteiger partial charge in [-0.05, 0) is 24.7 Å². The highest BCUT2D eigenvalue weighted by molar-refractivity contribution is 8.14. The smallest absolute Gasteiger partial charge is 0.219 e. The highest BCUT2D eigenvalue weighted by atomic mass is 32.2. The zero-order valence-corrected chi connectivity index (χ0v) is 9.74. The van der Waals surface area contributed by atoms with Crippen LogP contribution in [0.25, 0.3) is 0 Å². The molecule has 0 fully saturated rings. The summed E-state index contributed by atoms with van der Waals surface area (Å²) in [4.78, 5) is 11.7. The topological polar surface area (TPSA) is 26.3 Å². The third-order valence-electron chi connectivity index (χ3n) is 2.21. The number of carbonyl (C=O) groups excluding carboxylic acids is 1. The lowest BCUT2D eigenvalue weighted by atomic mass is 10.0. The number of ether oxygens (including phenoxy) is 1. The van der Waals surface area contributed by atoms with Gasteiger partial charge in [-0.25, -0.2) is 0 Å². The lowest BCUT2D eigenvalue weighted by Gasteiger charge is -2.16. The van der Waals surface area contributed by atoms with Crippen molar-refractivity contribution in [2.75, 3.05) is 5.75 Å². The molecule has 3 heteroatoms. The van der Waals surface area contributed by atoms with Crippen molar-refractivity contribution < 1.29 is 9.53 Å². The molecule has 0 aromatic carbocycles. The predicted octanol–water partition coefficient (Wildman–Crippen LogP) is 3.25. The van der Waals surface area contributed by atoms with E-state index in [1.165, 1.54) is 17.3 Å². The minimum atomic E-state index is 0.157. The van der Waals surface area contributed by atoms with Crippen LogP contribution in [0.4, 0.5) is 0 Å². The molecule has 2 nitrogen and oxygen atoms in total. The normalized spacial score (nSPS) is 16.4. The van der Waals surface area contributed by atoms with Crippen molar-refractivity contribution in [1.29, 1.82) is 0 Å². The quantitative estimate of drug-likeness (QED) is 0.718. The van der Waals surface area contributed by atoms with Gasteiger partial charge in [0.15, 0.2) is 0 Å². The van der Waals surface area contributed by atoms with Gasteiger partial charge in [-0.3, -0.25) is 4.79 Å². The third-order valence-corrected chi connectivity index (χ3v) is 3.00. The van der Waals surface area contributed by atoms with Crippen LogP contribution in [0.3, 0.4) is 0 Å². The van der Waals surface area contributed by atoms with Crippen LogP contribution in [0.2, 0.25) is 0 Å². The summed E-state index contributed by atoms with van der Waals surface area (Å²) >= 11 is 1.35. The van der Waals surface area contributed by atoms with Crippen molar-refractivity contribution in [3.63, 3.8) is 0 Å². The van der Waals surface area contributed by atoms with Crippen LogP contribution >= 0.6 is 11.8 Å². The molecule has 0 bridgehead atoms. The average molecular weight is 212 g/mol.